The highest BCUT2D eigenvalue weighted by molar-refractivity contribution is 7.82. The summed E-state index contributed by atoms with van der Waals surface area (Å²) in [6.07, 6.45) is 1.42. The Morgan fingerprint density at radius 1 is 0.931 bits per heavy atom. The molecule has 3 heterocycles. The fourth-order valence-corrected chi connectivity index (χ4v) is 8.84. The van der Waals surface area contributed by atoms with Crippen molar-refractivity contribution in [3.8, 4) is 23.0 Å². The molecule has 2 N–H and O–H groups in total. The van der Waals surface area contributed by atoms with Gasteiger partial charge in [-0.3, -0.25) is 14.6 Å². The monoisotopic (exact) mass is 805 g/mol. The Morgan fingerprint density at radius 2 is 1.64 bits per heavy atom. The second kappa shape index (κ2) is 16.8. The van der Waals surface area contributed by atoms with Gasteiger partial charge in [-0.25, -0.2) is 23.9 Å². The van der Waals surface area contributed by atoms with Crippen molar-refractivity contribution in [2.75, 3.05) is 35.8 Å². The summed E-state index contributed by atoms with van der Waals surface area (Å²) in [6.45, 7) is 21.9. The summed E-state index contributed by atoms with van der Waals surface area (Å²) in [6, 6.07) is 19.4. The van der Waals surface area contributed by atoms with Gasteiger partial charge in [0.2, 0.25) is 11.8 Å². The molecule has 1 saturated carbocycles. The number of nitrogens with one attached hydrogen (secondary N) is 2. The highest BCUT2D eigenvalue weighted by Gasteiger charge is 2.37. The topological polar surface area (TPSA) is 152 Å². The third kappa shape index (κ3) is 8.29. The molecule has 58 heavy (non-hydrogen) atoms. The van der Waals surface area contributed by atoms with Gasteiger partial charge in [-0.1, -0.05) is 51.1 Å². The normalized spacial score (nSPS) is 19.9. The molecule has 3 atom stereocenters. The van der Waals surface area contributed by atoms with Crippen LogP contribution in [-0.2, 0) is 20.8 Å². The summed E-state index contributed by atoms with van der Waals surface area (Å²) >= 11 is -2.03. The third-order valence-electron chi connectivity index (χ3n) is 11.0. The molecule has 14 nitrogen and oxygen atoms in total. The van der Waals surface area contributed by atoms with E-state index in [-0.39, 0.29) is 58.0 Å². The van der Waals surface area contributed by atoms with Gasteiger partial charge in [0.05, 0.1) is 23.5 Å². The molecule has 0 radical (unpaired) electrons. The van der Waals surface area contributed by atoms with Gasteiger partial charge in [0.15, 0.2) is 11.5 Å². The molecule has 5 aromatic rings. The Labute approximate surface area is 340 Å². The highest BCUT2D eigenvalue weighted by atomic mass is 32.2. The third-order valence-corrected chi connectivity index (χ3v) is 11.7. The summed E-state index contributed by atoms with van der Waals surface area (Å²) in [5.41, 5.74) is 3.46. The van der Waals surface area contributed by atoms with E-state index in [0.717, 1.165) is 29.7 Å². The van der Waals surface area contributed by atoms with Gasteiger partial charge in [0.1, 0.15) is 17.4 Å². The highest BCUT2D eigenvalue weighted by Crippen LogP contribution is 2.42. The molecule has 15 heteroatoms. The van der Waals surface area contributed by atoms with Crippen LogP contribution in [0.3, 0.4) is 0 Å². The van der Waals surface area contributed by atoms with Gasteiger partial charge in [-0.2, -0.15) is 4.21 Å². The zero-order valence-corrected chi connectivity index (χ0v) is 34.2. The van der Waals surface area contributed by atoms with Crippen LogP contribution < -0.4 is 18.5 Å². The van der Waals surface area contributed by atoms with E-state index in [0.29, 0.717) is 49.1 Å². The second-order valence-corrected chi connectivity index (χ2v) is 16.3. The molecule has 1 saturated heterocycles. The molecule has 0 spiro atoms. The van der Waals surface area contributed by atoms with Crippen molar-refractivity contribution < 1.29 is 32.2 Å². The molecule has 2 fully saturated rings. The number of hydrogen-bond acceptors (Lipinski definition) is 9. The molecule has 1 aliphatic carbocycles. The first-order chi connectivity index (χ1) is 27.8. The van der Waals surface area contributed by atoms with Crippen LogP contribution >= 0.6 is 0 Å². The number of aryl methyl sites for hydroxylation is 2. The molecule has 2 aliphatic rings. The average Bonchev–Trinajstić information content (AvgIpc) is 3.75. The van der Waals surface area contributed by atoms with Gasteiger partial charge in [-0.15, -0.1) is 0 Å². The molecule has 3 aromatic carbocycles. The zero-order valence-electron chi connectivity index (χ0n) is 33.4. The lowest BCUT2D eigenvalue weighted by molar-refractivity contribution is -0.129. The van der Waals surface area contributed by atoms with Crippen molar-refractivity contribution in [2.24, 2.45) is 17.8 Å². The van der Waals surface area contributed by atoms with Crippen LogP contribution in [-0.4, -0.2) is 73.8 Å². The molecule has 1 aliphatic heterocycles. The second-order valence-electron chi connectivity index (χ2n) is 15.4. The number of benzene rings is 3. The molecule has 3 unspecified atom stereocenters. The molecule has 302 valence electrons. The van der Waals surface area contributed by atoms with Crippen molar-refractivity contribution in [1.82, 2.24) is 19.5 Å². The number of H-pyrrole nitrogens is 1. The fourth-order valence-electron chi connectivity index (χ4n) is 8.11. The van der Waals surface area contributed by atoms with Crippen LogP contribution in [0.25, 0.3) is 21.9 Å². The number of ether oxygens (including phenoxy) is 2. The predicted octanol–water partition coefficient (Wildman–Crippen LogP) is 7.68. The summed E-state index contributed by atoms with van der Waals surface area (Å²) in [5.74, 6) is -0.236. The standard InChI is InChI=1S/C43H47N7O7S/c1-25-13-14-27(3)35(23-25)57-58(54)47-33-24-32(15-16-34(33)49-19-17-48(18-20-49)30(6)51)39-45-40-36(43(53)55-38-28(4)21-26(2)22-29(38)5)37(44-7)41(50(40)46-39)56-42(52)31-11-9-8-10-12-31/h8-16,23-24,26,28-29,38,47H,17-22H2,1-6H3,(H,45,46). The van der Waals surface area contributed by atoms with E-state index in [1.165, 1.54) is 4.52 Å². The molecule has 1 amide bonds. The first kappa shape index (κ1) is 40.1. The number of aromatic amines is 1. The average molecular weight is 806 g/mol. The SMILES string of the molecule is [C-]#[N+]c1c(C(=O)OC2C(C)CC(C)CC2C)c2nc(-c3ccc(N4CCN(C(C)=O)CC4)c(NS(=O)Oc4cc(C)ccc4C)c3)[nH]n2c1OC(=O)c1ccccc1. The van der Waals surface area contributed by atoms with Gasteiger partial charge >= 0.3 is 23.2 Å². The van der Waals surface area contributed by atoms with E-state index in [9.17, 15) is 18.6 Å². The number of aromatic nitrogens is 3. The lowest BCUT2D eigenvalue weighted by atomic mass is 9.75. The predicted molar refractivity (Wildman–Crippen MR) is 221 cm³/mol. The Hall–Kier alpha value is -6.14. The smallest absolute Gasteiger partial charge is 0.343 e. The van der Waals surface area contributed by atoms with Crippen molar-refractivity contribution in [3.63, 3.8) is 0 Å². The van der Waals surface area contributed by atoms with Crippen LogP contribution in [0.2, 0.25) is 0 Å². The summed E-state index contributed by atoms with van der Waals surface area (Å²) in [7, 11) is 0. The van der Waals surface area contributed by atoms with Gasteiger partial charge in [0, 0.05) is 38.7 Å². The van der Waals surface area contributed by atoms with Crippen molar-refractivity contribution in [3.05, 3.63) is 100 Å². The minimum Gasteiger partial charge on any atom is -0.459 e. The Bertz CT molecular complexity index is 2420. The minimum absolute atomic E-state index is 0.00130. The maximum Gasteiger partial charge on any atom is 0.343 e. The number of piperazine rings is 1. The van der Waals surface area contributed by atoms with Crippen LogP contribution in [0.5, 0.6) is 11.6 Å². The van der Waals surface area contributed by atoms with E-state index >= 15 is 0 Å². The zero-order chi connectivity index (χ0) is 41.2. The Morgan fingerprint density at radius 3 is 2.31 bits per heavy atom. The van der Waals surface area contributed by atoms with Crippen molar-refractivity contribution in [2.45, 2.75) is 60.5 Å². The molecular formula is C43H47N7O7S. The maximum atomic E-state index is 14.2. The Kier molecular flexibility index (Phi) is 11.6. The number of hydrogen-bond donors (Lipinski definition) is 2. The van der Waals surface area contributed by atoms with E-state index in [4.69, 9.17) is 25.2 Å². The molecular weight excluding hydrogens is 759 g/mol. The summed E-state index contributed by atoms with van der Waals surface area (Å²) in [5, 5.41) is 3.15. The lowest BCUT2D eigenvalue weighted by Crippen LogP contribution is -2.48. The molecule has 7 rings (SSSR count). The van der Waals surface area contributed by atoms with Gasteiger partial charge < -0.3 is 23.5 Å². The quantitative estimate of drug-likeness (QED) is 0.107. The minimum atomic E-state index is -2.03. The number of esters is 2. The largest absolute Gasteiger partial charge is 0.459 e. The summed E-state index contributed by atoms with van der Waals surface area (Å²) < 4.78 is 35.9. The fraction of sp³-hybridized carbons (Fsp3) is 0.372. The van der Waals surface area contributed by atoms with Crippen LogP contribution in [0.1, 0.15) is 72.4 Å². The number of carbonyl (C=O) groups excluding carboxylic acids is 3. The lowest BCUT2D eigenvalue weighted by Gasteiger charge is -2.37. The van der Waals surface area contributed by atoms with Crippen LogP contribution in [0.4, 0.5) is 17.1 Å². The number of rotatable bonds is 10. The molecule has 2 aromatic heterocycles. The van der Waals surface area contributed by atoms with E-state index in [1.807, 2.05) is 44.2 Å². The van der Waals surface area contributed by atoms with Gasteiger partial charge in [-0.05, 0) is 92.0 Å². The number of amides is 1. The van der Waals surface area contributed by atoms with Crippen LogP contribution in [0, 0.1) is 38.2 Å². The van der Waals surface area contributed by atoms with E-state index < -0.39 is 23.2 Å². The van der Waals surface area contributed by atoms with Crippen molar-refractivity contribution in [1.29, 1.82) is 0 Å². The first-order valence-corrected chi connectivity index (χ1v) is 20.5. The summed E-state index contributed by atoms with van der Waals surface area (Å²) in [4.78, 5) is 52.1. The number of anilines is 2. The molecule has 0 bridgehead atoms. The van der Waals surface area contributed by atoms with E-state index in [2.05, 4.69) is 40.3 Å². The number of nitrogens with zero attached hydrogens (tertiary/aromatic N) is 5. The number of carbonyl (C=O) groups is 3. The first-order valence-electron chi connectivity index (χ1n) is 19.4. The maximum absolute atomic E-state index is 14.2. The van der Waals surface area contributed by atoms with Crippen LogP contribution in [0.15, 0.2) is 66.7 Å². The van der Waals surface area contributed by atoms with Gasteiger partial charge in [0.25, 0.3) is 5.69 Å². The Balaban J connectivity index is 1.29. The number of fused-ring (bicyclic) bond motifs is 1. The van der Waals surface area contributed by atoms with Crippen molar-refractivity contribution >= 4 is 51.8 Å². The van der Waals surface area contributed by atoms with E-state index in [1.54, 1.807) is 48.2 Å².